The number of carboxylic acids is 1. The van der Waals surface area contributed by atoms with E-state index in [1.54, 1.807) is 42.5 Å². The maximum Gasteiger partial charge on any atom is 0.303 e. The summed E-state index contributed by atoms with van der Waals surface area (Å²) >= 11 is 0. The van der Waals surface area contributed by atoms with E-state index in [-0.39, 0.29) is 34.6 Å². The molecule has 1 atom stereocenters. The van der Waals surface area contributed by atoms with Crippen LogP contribution in [0, 0.1) is 0 Å². The first-order chi connectivity index (χ1) is 30.7. The minimum atomic E-state index is -5.23. The first-order valence-electron chi connectivity index (χ1n) is 20.6. The summed E-state index contributed by atoms with van der Waals surface area (Å²) < 4.78 is 149. The van der Waals surface area contributed by atoms with Gasteiger partial charge in [-0.25, -0.2) is 8.42 Å². The number of carboxylic acid groups (broad SMARTS) is 1. The molecule has 0 saturated heterocycles. The molecular weight excluding hydrogens is 937 g/mol. The Morgan fingerprint density at radius 2 is 1.32 bits per heavy atom. The number of anilines is 1. The predicted molar refractivity (Wildman–Crippen MR) is 247 cm³/mol. The average Bonchev–Trinajstić information content (AvgIpc) is 3.59. The van der Waals surface area contributed by atoms with Gasteiger partial charge in [0.15, 0.2) is 5.71 Å². The van der Waals surface area contributed by atoms with Crippen molar-refractivity contribution in [2.75, 3.05) is 31.7 Å². The van der Waals surface area contributed by atoms with Crippen LogP contribution in [0.5, 0.6) is 0 Å². The number of fused-ring (bicyclic) bond motifs is 6. The van der Waals surface area contributed by atoms with Crippen molar-refractivity contribution in [1.29, 1.82) is 0 Å². The third kappa shape index (κ3) is 9.81. The van der Waals surface area contributed by atoms with Gasteiger partial charge in [-0.1, -0.05) is 42.9 Å². The fraction of sp³-hybridized carbons (Fsp3) is 0.333. The van der Waals surface area contributed by atoms with Crippen LogP contribution in [0.2, 0.25) is 0 Å². The Hall–Kier alpha value is -5.10. The maximum absolute atomic E-state index is 12.5. The predicted octanol–water partition coefficient (Wildman–Crippen LogP) is 7.05. The second-order valence-corrected chi connectivity index (χ2v) is 22.3. The number of aliphatic carboxylic acids is 1. The van der Waals surface area contributed by atoms with Crippen molar-refractivity contribution in [3.63, 3.8) is 0 Å². The average molecular weight is 987 g/mol. The minimum Gasteiger partial charge on any atom is -0.744 e. The molecule has 0 saturated carbocycles. The van der Waals surface area contributed by atoms with Crippen LogP contribution in [0.3, 0.4) is 0 Å². The summed E-state index contributed by atoms with van der Waals surface area (Å²) in [5.74, 6) is -0.923. The molecule has 6 rings (SSSR count). The molecule has 4 aromatic rings. The van der Waals surface area contributed by atoms with Gasteiger partial charge in [-0.05, 0) is 111 Å². The van der Waals surface area contributed by atoms with E-state index in [4.69, 9.17) is 4.74 Å². The number of allylic oxidation sites excluding steroid dienone is 8. The van der Waals surface area contributed by atoms with Crippen LogP contribution in [0.15, 0.2) is 116 Å². The van der Waals surface area contributed by atoms with Gasteiger partial charge in [-0.15, -0.1) is 0 Å². The van der Waals surface area contributed by atoms with Crippen molar-refractivity contribution in [1.82, 2.24) is 0 Å². The number of benzene rings is 4. The third-order valence-electron chi connectivity index (χ3n) is 12.1. The van der Waals surface area contributed by atoms with Crippen LogP contribution in [0.1, 0.15) is 70.9 Å². The Labute approximate surface area is 384 Å². The molecule has 4 N–H and O–H groups in total. The van der Waals surface area contributed by atoms with Crippen LogP contribution >= 0.6 is 0 Å². The number of methoxy groups -OCH3 is 1. The van der Waals surface area contributed by atoms with Gasteiger partial charge in [0.25, 0.3) is 30.4 Å². The van der Waals surface area contributed by atoms with Crippen LogP contribution in [-0.2, 0) is 60.8 Å². The number of carbonyl (C=O) groups is 1. The quantitative estimate of drug-likeness (QED) is 0.0337. The van der Waals surface area contributed by atoms with Gasteiger partial charge >= 0.3 is 5.97 Å². The monoisotopic (exact) mass is 986 g/mol. The van der Waals surface area contributed by atoms with Crippen molar-refractivity contribution < 1.29 is 71.1 Å². The highest BCUT2D eigenvalue weighted by Gasteiger charge is 2.47. The highest BCUT2D eigenvalue weighted by Crippen LogP contribution is 2.54. The van der Waals surface area contributed by atoms with Gasteiger partial charge in [-0.2, -0.15) is 29.8 Å². The highest BCUT2D eigenvalue weighted by atomic mass is 32.2. The molecule has 0 spiro atoms. The van der Waals surface area contributed by atoms with Crippen LogP contribution in [0.25, 0.3) is 21.5 Å². The molecule has 0 radical (unpaired) electrons. The second-order valence-electron chi connectivity index (χ2n) is 16.7. The Morgan fingerprint density at radius 1 is 0.742 bits per heavy atom. The maximum atomic E-state index is 12.5. The molecule has 0 aromatic heterocycles. The normalized spacial score (nSPS) is 18.6. The molecule has 21 heteroatoms. The fourth-order valence-corrected chi connectivity index (χ4v) is 11.9. The molecule has 4 aromatic carbocycles. The molecule has 66 heavy (non-hydrogen) atoms. The largest absolute Gasteiger partial charge is 0.744 e. The molecule has 2 aliphatic heterocycles. The molecule has 0 fully saturated rings. The Balaban J connectivity index is 1.40. The molecule has 0 aliphatic carbocycles. The van der Waals surface area contributed by atoms with Crippen molar-refractivity contribution >= 4 is 85.1 Å². The molecule has 17 nitrogen and oxygen atoms in total. The van der Waals surface area contributed by atoms with E-state index in [1.165, 1.54) is 25.3 Å². The van der Waals surface area contributed by atoms with Gasteiger partial charge < -0.3 is 19.3 Å². The van der Waals surface area contributed by atoms with E-state index in [1.807, 2.05) is 49.3 Å². The summed E-state index contributed by atoms with van der Waals surface area (Å²) in [5.41, 5.74) is 2.02. The van der Waals surface area contributed by atoms with E-state index < -0.39 is 76.9 Å². The zero-order chi connectivity index (χ0) is 48.8. The van der Waals surface area contributed by atoms with Gasteiger partial charge in [0, 0.05) is 66.6 Å². The minimum absolute atomic E-state index is 0.0172. The first-order valence-corrected chi connectivity index (χ1v) is 26.4. The van der Waals surface area contributed by atoms with E-state index in [9.17, 15) is 61.8 Å². The summed E-state index contributed by atoms with van der Waals surface area (Å²) in [4.78, 5) is 10.3. The van der Waals surface area contributed by atoms with Crippen molar-refractivity contribution in [3.05, 3.63) is 108 Å². The van der Waals surface area contributed by atoms with E-state index in [0.717, 1.165) is 17.8 Å². The summed E-state index contributed by atoms with van der Waals surface area (Å²) in [6, 6.07) is 9.96. The topological polar surface area (TPSA) is 273 Å². The van der Waals surface area contributed by atoms with Crippen molar-refractivity contribution in [2.45, 2.75) is 90.2 Å². The van der Waals surface area contributed by atoms with Crippen LogP contribution in [-0.4, -0.2) is 100 Å². The first kappa shape index (κ1) is 50.3. The lowest BCUT2D eigenvalue weighted by atomic mass is 9.76. The van der Waals surface area contributed by atoms with E-state index >= 15 is 0 Å². The number of unbranched alkanes of at least 4 members (excludes halogenated alkanes) is 2. The zero-order valence-electron chi connectivity index (χ0n) is 36.6. The summed E-state index contributed by atoms with van der Waals surface area (Å²) in [5, 5.41) is 9.59. The molecule has 354 valence electrons. The Kier molecular flexibility index (Phi) is 14.1. The lowest BCUT2D eigenvalue weighted by Crippen LogP contribution is -2.30. The lowest BCUT2D eigenvalue weighted by molar-refractivity contribution is -0.433. The van der Waals surface area contributed by atoms with Crippen molar-refractivity contribution in [3.8, 4) is 0 Å². The van der Waals surface area contributed by atoms with Gasteiger partial charge in [0.05, 0.1) is 20.1 Å². The SMILES string of the molecule is CC[N+]1=C(/C=C/C=C/C=C/C=C2/N(CCCCCC(=O)O)c3ccc4c(S(=O)(=O)[O-])cc(S(=O)(=O)O)cc4c3C2(C)CCOC)C(C)(C)c2c1ccc1c(S(=O)(=O)O)cc(S(=O)(=O)O)cc21. The Bertz CT molecular complexity index is 3280. The Morgan fingerprint density at radius 3 is 1.89 bits per heavy atom. The van der Waals surface area contributed by atoms with Crippen LogP contribution in [0.4, 0.5) is 11.4 Å². The van der Waals surface area contributed by atoms with Gasteiger partial charge in [0.2, 0.25) is 5.69 Å². The number of ether oxygens (including phenoxy) is 1. The van der Waals surface area contributed by atoms with E-state index in [0.29, 0.717) is 73.0 Å². The molecule has 2 heterocycles. The lowest BCUT2D eigenvalue weighted by Gasteiger charge is -2.30. The van der Waals surface area contributed by atoms with E-state index in [2.05, 4.69) is 0 Å². The van der Waals surface area contributed by atoms with Crippen molar-refractivity contribution in [2.24, 2.45) is 0 Å². The molecule has 1 unspecified atom stereocenters. The highest BCUT2D eigenvalue weighted by molar-refractivity contribution is 7.87. The number of nitrogens with zero attached hydrogens (tertiary/aromatic N) is 2. The molecular formula is C45H50N2O15S4. The molecule has 0 bridgehead atoms. The number of hydrogen-bond donors (Lipinski definition) is 4. The number of hydrogen-bond acceptors (Lipinski definition) is 12. The standard InChI is InChI=1S/C45H50N2O15S4/c1-6-46-35-20-18-31-33(25-29(63(50,51)52)27-37(31)65(56,57)58)42(35)44(2,3)39(46)15-11-8-7-9-12-16-40-45(4,22-24-62-5)43-34-26-30(64(53,54)55)28-38(66(59,60)61)32(34)19-21-36(43)47(40)23-14-10-13-17-41(48)49/h7-9,11-12,15-16,18-21,25-28H,6,10,13-14,17,22-24H2,1-5H3,(H4-,48,49,50,51,52,53,54,55,56,57,58,59,60,61). The second kappa shape index (κ2) is 18.5. The molecule has 2 aliphatic rings. The fourth-order valence-electron chi connectivity index (χ4n) is 9.20. The summed E-state index contributed by atoms with van der Waals surface area (Å²) in [6.45, 7) is 8.63. The summed E-state index contributed by atoms with van der Waals surface area (Å²) in [6.07, 6.45) is 14.4. The summed E-state index contributed by atoms with van der Waals surface area (Å²) in [7, 11) is -18.5. The van der Waals surface area contributed by atoms with Crippen LogP contribution < -0.4 is 4.90 Å². The zero-order valence-corrected chi connectivity index (χ0v) is 39.9. The smallest absolute Gasteiger partial charge is 0.303 e. The molecule has 0 amide bonds. The van der Waals surface area contributed by atoms with Gasteiger partial charge in [-0.3, -0.25) is 18.5 Å². The number of rotatable bonds is 18. The third-order valence-corrected chi connectivity index (χ3v) is 15.6. The van der Waals surface area contributed by atoms with Gasteiger partial charge in [0.1, 0.15) is 21.6 Å².